The van der Waals surface area contributed by atoms with E-state index in [9.17, 15) is 4.79 Å². The molecule has 1 aliphatic rings. The van der Waals surface area contributed by atoms with Crippen LogP contribution in [0.4, 0.5) is 10.8 Å². The summed E-state index contributed by atoms with van der Waals surface area (Å²) >= 11 is 1.41. The lowest BCUT2D eigenvalue weighted by atomic mass is 10.2. The van der Waals surface area contributed by atoms with Crippen LogP contribution in [-0.2, 0) is 11.2 Å². The number of esters is 1. The lowest BCUT2D eigenvalue weighted by Crippen LogP contribution is -2.12. The average Bonchev–Trinajstić information content (AvgIpc) is 3.02. The number of carbonyl (C=O) groups excluding carboxylic acids is 1. The van der Waals surface area contributed by atoms with Crippen molar-refractivity contribution < 1.29 is 9.53 Å². The first-order valence-corrected chi connectivity index (χ1v) is 7.52. The maximum atomic E-state index is 11.9. The van der Waals surface area contributed by atoms with Crippen molar-refractivity contribution in [2.75, 3.05) is 18.1 Å². The Morgan fingerprint density at radius 2 is 2.25 bits per heavy atom. The second kappa shape index (κ2) is 5.25. The van der Waals surface area contributed by atoms with Gasteiger partial charge >= 0.3 is 5.97 Å². The quantitative estimate of drug-likeness (QED) is 0.813. The minimum absolute atomic E-state index is 0.277. The van der Waals surface area contributed by atoms with Gasteiger partial charge in [-0.25, -0.2) is 9.78 Å². The van der Waals surface area contributed by atoms with Gasteiger partial charge in [-0.1, -0.05) is 29.5 Å². The van der Waals surface area contributed by atoms with Crippen molar-refractivity contribution >= 4 is 28.1 Å². The molecule has 1 aliphatic heterocycles. The molecule has 0 atom stereocenters. The first kappa shape index (κ1) is 13.1. The van der Waals surface area contributed by atoms with E-state index >= 15 is 0 Å². The lowest BCUT2D eigenvalue weighted by Gasteiger charge is -2.15. The fraction of sp³-hybridized carbons (Fsp3) is 0.333. The molecule has 0 fully saturated rings. The van der Waals surface area contributed by atoms with E-state index in [0.717, 1.165) is 23.8 Å². The molecular formula is C15H16N2O2S. The number of anilines is 2. The summed E-state index contributed by atoms with van der Waals surface area (Å²) in [7, 11) is 0. The first-order chi connectivity index (χ1) is 9.70. The molecule has 0 bridgehead atoms. The Morgan fingerprint density at radius 1 is 1.45 bits per heavy atom. The highest BCUT2D eigenvalue weighted by atomic mass is 32.1. The van der Waals surface area contributed by atoms with Crippen molar-refractivity contribution in [1.29, 1.82) is 0 Å². The molecule has 0 saturated heterocycles. The summed E-state index contributed by atoms with van der Waals surface area (Å²) < 4.78 is 5.07. The zero-order valence-corrected chi connectivity index (χ0v) is 12.4. The summed E-state index contributed by atoms with van der Waals surface area (Å²) in [4.78, 5) is 19.2. The van der Waals surface area contributed by atoms with Crippen LogP contribution in [0.3, 0.4) is 0 Å². The predicted octanol–water partition coefficient (Wildman–Crippen LogP) is 3.32. The fourth-order valence-corrected chi connectivity index (χ4v) is 3.42. The van der Waals surface area contributed by atoms with Crippen LogP contribution in [0, 0.1) is 6.92 Å². The van der Waals surface area contributed by atoms with E-state index < -0.39 is 0 Å². The second-order valence-corrected chi connectivity index (χ2v) is 5.64. The summed E-state index contributed by atoms with van der Waals surface area (Å²) in [6.45, 7) is 4.97. The number of aryl methyl sites for hydroxylation is 1. The molecule has 104 valence electrons. The van der Waals surface area contributed by atoms with Gasteiger partial charge in [0.2, 0.25) is 0 Å². The number of thiazole rings is 1. The topological polar surface area (TPSA) is 42.4 Å². The molecule has 0 N–H and O–H groups in total. The Morgan fingerprint density at radius 3 is 3.05 bits per heavy atom. The van der Waals surface area contributed by atoms with Crippen molar-refractivity contribution in [3.63, 3.8) is 0 Å². The number of hydrogen-bond acceptors (Lipinski definition) is 5. The molecule has 0 saturated carbocycles. The van der Waals surface area contributed by atoms with Gasteiger partial charge in [0, 0.05) is 12.2 Å². The Bertz CT molecular complexity index is 651. The summed E-state index contributed by atoms with van der Waals surface area (Å²) in [5.41, 5.74) is 3.27. The highest BCUT2D eigenvalue weighted by Crippen LogP contribution is 2.37. The SMILES string of the molecule is CCOC(=O)c1sc(N2CCc3ccccc32)nc1C. The first-order valence-electron chi connectivity index (χ1n) is 6.70. The van der Waals surface area contributed by atoms with Gasteiger partial charge in [-0.05, 0) is 31.9 Å². The number of rotatable bonds is 3. The number of nitrogens with zero attached hydrogens (tertiary/aromatic N) is 2. The lowest BCUT2D eigenvalue weighted by molar-refractivity contribution is 0.0531. The highest BCUT2D eigenvalue weighted by molar-refractivity contribution is 7.17. The van der Waals surface area contributed by atoms with Gasteiger partial charge < -0.3 is 9.64 Å². The van der Waals surface area contributed by atoms with Crippen LogP contribution in [0.15, 0.2) is 24.3 Å². The molecule has 4 nitrogen and oxygen atoms in total. The van der Waals surface area contributed by atoms with E-state index in [-0.39, 0.29) is 5.97 Å². The maximum absolute atomic E-state index is 11.9. The average molecular weight is 288 g/mol. The Labute approximate surface area is 122 Å². The van der Waals surface area contributed by atoms with E-state index in [1.807, 2.05) is 19.9 Å². The van der Waals surface area contributed by atoms with Crippen LogP contribution in [0.5, 0.6) is 0 Å². The third kappa shape index (κ3) is 2.18. The second-order valence-electron chi connectivity index (χ2n) is 4.66. The van der Waals surface area contributed by atoms with Crippen LogP contribution in [0.2, 0.25) is 0 Å². The van der Waals surface area contributed by atoms with Gasteiger partial charge in [0.25, 0.3) is 0 Å². The van der Waals surface area contributed by atoms with Crippen LogP contribution in [-0.4, -0.2) is 24.1 Å². The van der Waals surface area contributed by atoms with Crippen LogP contribution in [0.25, 0.3) is 0 Å². The van der Waals surface area contributed by atoms with Gasteiger partial charge in [-0.3, -0.25) is 0 Å². The van der Waals surface area contributed by atoms with Gasteiger partial charge in [0.15, 0.2) is 5.13 Å². The van der Waals surface area contributed by atoms with Crippen molar-refractivity contribution in [2.45, 2.75) is 20.3 Å². The number of benzene rings is 1. The minimum Gasteiger partial charge on any atom is -0.462 e. The number of carbonyl (C=O) groups is 1. The van der Waals surface area contributed by atoms with Gasteiger partial charge in [-0.2, -0.15) is 0 Å². The largest absolute Gasteiger partial charge is 0.462 e. The molecule has 0 amide bonds. The van der Waals surface area contributed by atoms with E-state index in [1.54, 1.807) is 0 Å². The van der Waals surface area contributed by atoms with Crippen molar-refractivity contribution in [3.05, 3.63) is 40.4 Å². The van der Waals surface area contributed by atoms with Crippen molar-refractivity contribution in [1.82, 2.24) is 4.98 Å². The number of hydrogen-bond donors (Lipinski definition) is 0. The van der Waals surface area contributed by atoms with Crippen molar-refractivity contribution in [3.8, 4) is 0 Å². The molecule has 2 heterocycles. The molecule has 1 aromatic carbocycles. The summed E-state index contributed by atoms with van der Waals surface area (Å²) in [5.74, 6) is -0.277. The van der Waals surface area contributed by atoms with Gasteiger partial charge in [0.05, 0.1) is 12.3 Å². The molecule has 0 spiro atoms. The summed E-state index contributed by atoms with van der Waals surface area (Å²) in [5, 5.41) is 0.871. The van der Waals surface area contributed by atoms with E-state index in [1.165, 1.54) is 22.6 Å². The molecule has 5 heteroatoms. The Hall–Kier alpha value is -1.88. The summed E-state index contributed by atoms with van der Waals surface area (Å²) in [6, 6.07) is 8.33. The van der Waals surface area contributed by atoms with Crippen molar-refractivity contribution in [2.24, 2.45) is 0 Å². The molecule has 3 rings (SSSR count). The molecule has 1 aromatic heterocycles. The fourth-order valence-electron chi connectivity index (χ4n) is 2.42. The highest BCUT2D eigenvalue weighted by Gasteiger charge is 2.25. The maximum Gasteiger partial charge on any atom is 0.350 e. The summed E-state index contributed by atoms with van der Waals surface area (Å²) in [6.07, 6.45) is 1.02. The molecular weight excluding hydrogens is 272 g/mol. The number of para-hydroxylation sites is 1. The molecule has 0 unspecified atom stereocenters. The predicted molar refractivity (Wildman–Crippen MR) is 80.0 cm³/mol. The zero-order chi connectivity index (χ0) is 14.1. The van der Waals surface area contributed by atoms with Crippen LogP contribution < -0.4 is 4.90 Å². The Kier molecular flexibility index (Phi) is 3.44. The normalized spacial score (nSPS) is 13.4. The van der Waals surface area contributed by atoms with Crippen LogP contribution >= 0.6 is 11.3 Å². The third-order valence-corrected chi connectivity index (χ3v) is 4.52. The minimum atomic E-state index is -0.277. The zero-order valence-electron chi connectivity index (χ0n) is 11.5. The van der Waals surface area contributed by atoms with E-state index in [0.29, 0.717) is 11.5 Å². The monoisotopic (exact) mass is 288 g/mol. The van der Waals surface area contributed by atoms with E-state index in [4.69, 9.17) is 4.74 Å². The van der Waals surface area contributed by atoms with Gasteiger partial charge in [-0.15, -0.1) is 0 Å². The Balaban J connectivity index is 1.93. The molecule has 2 aromatic rings. The molecule has 0 radical (unpaired) electrons. The number of fused-ring (bicyclic) bond motifs is 1. The standard InChI is InChI=1S/C15H16N2O2S/c1-3-19-14(18)13-10(2)16-15(20-13)17-9-8-11-6-4-5-7-12(11)17/h4-7H,3,8-9H2,1-2H3. The smallest absolute Gasteiger partial charge is 0.350 e. The third-order valence-electron chi connectivity index (χ3n) is 3.36. The molecule has 0 aliphatic carbocycles. The van der Waals surface area contributed by atoms with Gasteiger partial charge in [0.1, 0.15) is 4.88 Å². The van der Waals surface area contributed by atoms with E-state index in [2.05, 4.69) is 28.1 Å². The number of aromatic nitrogens is 1. The number of ether oxygens (including phenoxy) is 1. The van der Waals surface area contributed by atoms with Crippen LogP contribution in [0.1, 0.15) is 27.9 Å². The molecule has 20 heavy (non-hydrogen) atoms.